The first-order chi connectivity index (χ1) is 12.4. The predicted molar refractivity (Wildman–Crippen MR) is 101 cm³/mol. The molecule has 0 bridgehead atoms. The van der Waals surface area contributed by atoms with Crippen LogP contribution >= 0.6 is 11.3 Å². The van der Waals surface area contributed by atoms with Gasteiger partial charge < -0.3 is 15.0 Å². The van der Waals surface area contributed by atoms with Gasteiger partial charge in [0.15, 0.2) is 6.61 Å². The molecule has 2 aromatic rings. The number of amides is 2. The van der Waals surface area contributed by atoms with Gasteiger partial charge in [-0.05, 0) is 29.5 Å². The summed E-state index contributed by atoms with van der Waals surface area (Å²) in [5.74, 6) is -1.48. The number of carbonyl (C=O) groups is 3. The lowest BCUT2D eigenvalue weighted by Gasteiger charge is -2.22. The lowest BCUT2D eigenvalue weighted by atomic mass is 10.0. The molecule has 1 aromatic heterocycles. The zero-order valence-corrected chi connectivity index (χ0v) is 15.8. The molecule has 0 saturated heterocycles. The van der Waals surface area contributed by atoms with Crippen molar-refractivity contribution < 1.29 is 19.1 Å². The summed E-state index contributed by atoms with van der Waals surface area (Å²) < 4.78 is 5.15. The van der Waals surface area contributed by atoms with Gasteiger partial charge in [0, 0.05) is 12.7 Å². The minimum Gasteiger partial charge on any atom is -0.454 e. The second-order valence-electron chi connectivity index (χ2n) is 6.07. The minimum absolute atomic E-state index is 0.173. The van der Waals surface area contributed by atoms with E-state index >= 15 is 0 Å². The number of benzene rings is 1. The Labute approximate surface area is 156 Å². The van der Waals surface area contributed by atoms with Crippen LogP contribution in [0.5, 0.6) is 0 Å². The van der Waals surface area contributed by atoms with E-state index in [1.165, 1.54) is 16.2 Å². The summed E-state index contributed by atoms with van der Waals surface area (Å²) in [5, 5.41) is 4.46. The number of esters is 1. The molecule has 0 saturated carbocycles. The van der Waals surface area contributed by atoms with Crippen molar-refractivity contribution in [3.05, 3.63) is 52.7 Å². The number of anilines is 1. The van der Waals surface area contributed by atoms with Gasteiger partial charge in [0.2, 0.25) is 0 Å². The van der Waals surface area contributed by atoms with E-state index in [9.17, 15) is 14.4 Å². The van der Waals surface area contributed by atoms with Crippen LogP contribution in [-0.4, -0.2) is 37.5 Å². The van der Waals surface area contributed by atoms with Crippen LogP contribution in [0.1, 0.15) is 23.5 Å². The molecule has 2 amide bonds. The van der Waals surface area contributed by atoms with E-state index in [1.807, 2.05) is 18.2 Å². The Hall–Kier alpha value is -2.67. The van der Waals surface area contributed by atoms with Gasteiger partial charge in [-0.15, -0.1) is 11.3 Å². The SMILES string of the molecule is CC(C)[C@H](NC(=O)c1cccs1)C(=O)OCC(=O)N(C)c1ccccc1. The van der Waals surface area contributed by atoms with Crippen molar-refractivity contribution in [2.45, 2.75) is 19.9 Å². The summed E-state index contributed by atoms with van der Waals surface area (Å²) in [6.45, 7) is 3.22. The highest BCUT2D eigenvalue weighted by Gasteiger charge is 2.27. The number of nitrogens with zero attached hydrogens (tertiary/aromatic N) is 1. The Kier molecular flexibility index (Phi) is 6.91. The van der Waals surface area contributed by atoms with Crippen LogP contribution in [0.4, 0.5) is 5.69 Å². The van der Waals surface area contributed by atoms with Crippen molar-refractivity contribution in [1.29, 1.82) is 0 Å². The van der Waals surface area contributed by atoms with Gasteiger partial charge in [-0.1, -0.05) is 38.1 Å². The van der Waals surface area contributed by atoms with Gasteiger partial charge in [-0.2, -0.15) is 0 Å². The summed E-state index contributed by atoms with van der Waals surface area (Å²) in [7, 11) is 1.62. The number of para-hydroxylation sites is 1. The highest BCUT2D eigenvalue weighted by molar-refractivity contribution is 7.12. The molecule has 0 spiro atoms. The number of hydrogen-bond donors (Lipinski definition) is 1. The monoisotopic (exact) mass is 374 g/mol. The third-order valence-corrected chi connectivity index (χ3v) is 4.68. The van der Waals surface area contributed by atoms with E-state index in [1.54, 1.807) is 50.5 Å². The fourth-order valence-electron chi connectivity index (χ4n) is 2.23. The largest absolute Gasteiger partial charge is 0.454 e. The first-order valence-corrected chi connectivity index (χ1v) is 9.10. The van der Waals surface area contributed by atoms with Gasteiger partial charge in [-0.25, -0.2) is 4.79 Å². The molecule has 7 heteroatoms. The summed E-state index contributed by atoms with van der Waals surface area (Å²) >= 11 is 1.29. The Morgan fingerprint density at radius 2 is 1.81 bits per heavy atom. The van der Waals surface area contributed by atoms with Crippen molar-refractivity contribution in [3.63, 3.8) is 0 Å². The quantitative estimate of drug-likeness (QED) is 0.756. The Balaban J connectivity index is 1.93. The molecule has 0 aliphatic heterocycles. The number of carbonyl (C=O) groups excluding carboxylic acids is 3. The molecule has 138 valence electrons. The van der Waals surface area contributed by atoms with Crippen LogP contribution in [0, 0.1) is 5.92 Å². The minimum atomic E-state index is -0.820. The summed E-state index contributed by atoms with van der Waals surface area (Å²) in [6.07, 6.45) is 0. The van der Waals surface area contributed by atoms with Gasteiger partial charge >= 0.3 is 5.97 Å². The van der Waals surface area contributed by atoms with E-state index in [0.29, 0.717) is 10.6 Å². The summed E-state index contributed by atoms with van der Waals surface area (Å²) in [6, 6.07) is 11.7. The molecule has 1 N–H and O–H groups in total. The maximum Gasteiger partial charge on any atom is 0.329 e. The zero-order valence-electron chi connectivity index (χ0n) is 15.0. The first kappa shape index (κ1) is 19.7. The van der Waals surface area contributed by atoms with Crippen LogP contribution in [0.3, 0.4) is 0 Å². The molecule has 0 unspecified atom stereocenters. The number of hydrogen-bond acceptors (Lipinski definition) is 5. The van der Waals surface area contributed by atoms with Crippen molar-refractivity contribution in [1.82, 2.24) is 5.32 Å². The normalized spacial score (nSPS) is 11.7. The van der Waals surface area contributed by atoms with E-state index < -0.39 is 12.0 Å². The van der Waals surface area contributed by atoms with Crippen LogP contribution in [-0.2, 0) is 14.3 Å². The second kappa shape index (κ2) is 9.15. The average molecular weight is 374 g/mol. The van der Waals surface area contributed by atoms with E-state index in [4.69, 9.17) is 4.74 Å². The fraction of sp³-hybridized carbons (Fsp3) is 0.316. The van der Waals surface area contributed by atoms with E-state index in [2.05, 4.69) is 5.32 Å². The standard InChI is InChI=1S/C19H22N2O4S/c1-13(2)17(20-18(23)15-10-7-11-26-15)19(24)25-12-16(22)21(3)14-8-5-4-6-9-14/h4-11,13,17H,12H2,1-3H3,(H,20,23)/t17-/m0/s1. The second-order valence-corrected chi connectivity index (χ2v) is 7.02. The van der Waals surface area contributed by atoms with Crippen LogP contribution in [0.25, 0.3) is 0 Å². The molecular weight excluding hydrogens is 352 g/mol. The number of ether oxygens (including phenoxy) is 1. The van der Waals surface area contributed by atoms with Crippen LogP contribution in [0.2, 0.25) is 0 Å². The van der Waals surface area contributed by atoms with E-state index in [0.717, 1.165) is 0 Å². The van der Waals surface area contributed by atoms with E-state index in [-0.39, 0.29) is 24.3 Å². The van der Waals surface area contributed by atoms with Crippen molar-refractivity contribution >= 4 is 34.8 Å². The lowest BCUT2D eigenvalue weighted by Crippen LogP contribution is -2.46. The number of rotatable bonds is 7. The molecule has 1 atom stereocenters. The molecule has 0 radical (unpaired) electrons. The third kappa shape index (κ3) is 5.16. The Morgan fingerprint density at radius 1 is 1.12 bits per heavy atom. The molecule has 6 nitrogen and oxygen atoms in total. The average Bonchev–Trinajstić information content (AvgIpc) is 3.18. The highest BCUT2D eigenvalue weighted by Crippen LogP contribution is 2.13. The Bertz CT molecular complexity index is 744. The molecule has 1 heterocycles. The maximum atomic E-state index is 12.3. The Morgan fingerprint density at radius 3 is 2.38 bits per heavy atom. The van der Waals surface area contributed by atoms with Crippen molar-refractivity contribution in [2.24, 2.45) is 5.92 Å². The third-order valence-electron chi connectivity index (χ3n) is 3.81. The molecular formula is C19H22N2O4S. The number of likely N-dealkylation sites (N-methyl/N-ethyl adjacent to an activating group) is 1. The van der Waals surface area contributed by atoms with Gasteiger partial charge in [-0.3, -0.25) is 9.59 Å². The molecule has 0 fully saturated rings. The number of nitrogens with one attached hydrogen (secondary N) is 1. The molecule has 0 aliphatic carbocycles. The van der Waals surface area contributed by atoms with Crippen LogP contribution < -0.4 is 10.2 Å². The van der Waals surface area contributed by atoms with Gasteiger partial charge in [0.1, 0.15) is 6.04 Å². The maximum absolute atomic E-state index is 12.3. The summed E-state index contributed by atoms with van der Waals surface area (Å²) in [5.41, 5.74) is 0.708. The first-order valence-electron chi connectivity index (χ1n) is 8.22. The fourth-order valence-corrected chi connectivity index (χ4v) is 2.86. The zero-order chi connectivity index (χ0) is 19.1. The molecule has 1 aromatic carbocycles. The lowest BCUT2D eigenvalue weighted by molar-refractivity contribution is -0.150. The summed E-state index contributed by atoms with van der Waals surface area (Å²) in [4.78, 5) is 38.7. The van der Waals surface area contributed by atoms with Crippen molar-refractivity contribution in [3.8, 4) is 0 Å². The van der Waals surface area contributed by atoms with Crippen LogP contribution in [0.15, 0.2) is 47.8 Å². The van der Waals surface area contributed by atoms with Gasteiger partial charge in [0.25, 0.3) is 11.8 Å². The van der Waals surface area contributed by atoms with Crippen molar-refractivity contribution in [2.75, 3.05) is 18.6 Å². The predicted octanol–water partition coefficient (Wildman–Crippen LogP) is 2.71. The highest BCUT2D eigenvalue weighted by atomic mass is 32.1. The number of thiophene rings is 1. The smallest absolute Gasteiger partial charge is 0.329 e. The molecule has 0 aliphatic rings. The topological polar surface area (TPSA) is 75.7 Å². The molecule has 2 rings (SSSR count). The molecule has 26 heavy (non-hydrogen) atoms. The van der Waals surface area contributed by atoms with Gasteiger partial charge in [0.05, 0.1) is 4.88 Å².